The number of amides is 1. The molecule has 1 aromatic heterocycles. The molecule has 0 radical (unpaired) electrons. The van der Waals surface area contributed by atoms with Gasteiger partial charge in [0.2, 0.25) is 23.7 Å². The van der Waals surface area contributed by atoms with Crippen LogP contribution >= 0.6 is 0 Å². The van der Waals surface area contributed by atoms with Crippen LogP contribution in [0.25, 0.3) is 11.4 Å². The Morgan fingerprint density at radius 2 is 1.63 bits per heavy atom. The lowest BCUT2D eigenvalue weighted by Crippen LogP contribution is -2.48. The van der Waals surface area contributed by atoms with E-state index in [-0.39, 0.29) is 31.9 Å². The smallest absolute Gasteiger partial charge is 0.340 e. The molecule has 0 aliphatic carbocycles. The molecule has 1 amide bonds. The van der Waals surface area contributed by atoms with Crippen LogP contribution in [0.15, 0.2) is 28.8 Å². The second kappa shape index (κ2) is 11.5. The fourth-order valence-electron chi connectivity index (χ4n) is 2.46. The molecule has 0 bridgehead atoms. The van der Waals surface area contributed by atoms with E-state index in [1.54, 1.807) is 38.1 Å². The van der Waals surface area contributed by atoms with Gasteiger partial charge < -0.3 is 24.1 Å². The van der Waals surface area contributed by atoms with E-state index in [0.717, 1.165) is 11.3 Å². The van der Waals surface area contributed by atoms with Crippen molar-refractivity contribution in [1.29, 1.82) is 0 Å². The van der Waals surface area contributed by atoms with Gasteiger partial charge in [0, 0.05) is 18.4 Å². The van der Waals surface area contributed by atoms with Gasteiger partial charge in [0.1, 0.15) is 5.75 Å². The van der Waals surface area contributed by atoms with Crippen molar-refractivity contribution >= 4 is 17.8 Å². The third-order valence-electron chi connectivity index (χ3n) is 3.81. The molecular weight excluding hydrogens is 394 g/mol. The highest BCUT2D eigenvalue weighted by atomic mass is 16.6. The Morgan fingerprint density at radius 3 is 2.20 bits per heavy atom. The maximum Gasteiger partial charge on any atom is 0.340 e. The van der Waals surface area contributed by atoms with Crippen molar-refractivity contribution in [3.63, 3.8) is 0 Å². The molecule has 0 unspecified atom stereocenters. The lowest BCUT2D eigenvalue weighted by molar-refractivity contribution is -0.159. The predicted molar refractivity (Wildman–Crippen MR) is 104 cm³/mol. The minimum absolute atomic E-state index is 0.0692. The van der Waals surface area contributed by atoms with Crippen LogP contribution < -0.4 is 10.1 Å². The van der Waals surface area contributed by atoms with E-state index in [1.807, 2.05) is 6.92 Å². The number of aryl methyl sites for hydroxylation is 1. The zero-order valence-electron chi connectivity index (χ0n) is 17.2. The summed E-state index contributed by atoms with van der Waals surface area (Å²) in [4.78, 5) is 40.3. The second-order valence-corrected chi connectivity index (χ2v) is 5.97. The van der Waals surface area contributed by atoms with Crippen molar-refractivity contribution in [3.8, 4) is 17.1 Å². The Bertz CT molecular complexity index is 830. The molecule has 1 aromatic carbocycles. The van der Waals surface area contributed by atoms with Crippen molar-refractivity contribution in [2.45, 2.75) is 39.7 Å². The van der Waals surface area contributed by atoms with Crippen LogP contribution in [0.5, 0.6) is 5.75 Å². The predicted octanol–water partition coefficient (Wildman–Crippen LogP) is 1.68. The summed E-state index contributed by atoms with van der Waals surface area (Å²) < 4.78 is 20.2. The molecule has 10 heteroatoms. The highest BCUT2D eigenvalue weighted by Gasteiger charge is 2.31. The van der Waals surface area contributed by atoms with Gasteiger partial charge in [-0.15, -0.1) is 0 Å². The van der Waals surface area contributed by atoms with Crippen molar-refractivity contribution in [2.24, 2.45) is 0 Å². The van der Waals surface area contributed by atoms with Gasteiger partial charge in [-0.25, -0.2) is 9.59 Å². The van der Waals surface area contributed by atoms with Gasteiger partial charge in [-0.1, -0.05) is 5.16 Å². The van der Waals surface area contributed by atoms with Crippen molar-refractivity contribution < 1.29 is 33.1 Å². The van der Waals surface area contributed by atoms with Crippen LogP contribution in [0.4, 0.5) is 0 Å². The number of benzene rings is 1. The van der Waals surface area contributed by atoms with E-state index in [9.17, 15) is 14.4 Å². The zero-order chi connectivity index (χ0) is 21.9. The standard InChI is InChI=1S/C20H25N3O7/c1-4-27-14-9-7-13(8-10-14)18-22-16(30-23-18)12-11-15(24)21-17(19(25)28-5-2)20(26)29-6-3/h7-10,17H,4-6,11-12H2,1-3H3,(H,21,24). The Kier molecular flexibility index (Phi) is 8.79. The van der Waals surface area contributed by atoms with Gasteiger partial charge in [-0.2, -0.15) is 4.98 Å². The third-order valence-corrected chi connectivity index (χ3v) is 3.81. The molecule has 0 aliphatic rings. The largest absolute Gasteiger partial charge is 0.494 e. The van der Waals surface area contributed by atoms with Crippen LogP contribution in [0.3, 0.4) is 0 Å². The average Bonchev–Trinajstić information content (AvgIpc) is 3.20. The van der Waals surface area contributed by atoms with E-state index in [2.05, 4.69) is 15.5 Å². The summed E-state index contributed by atoms with van der Waals surface area (Å²) in [5.41, 5.74) is 0.739. The van der Waals surface area contributed by atoms with Crippen LogP contribution in [0.1, 0.15) is 33.1 Å². The minimum atomic E-state index is -1.51. The van der Waals surface area contributed by atoms with Gasteiger partial charge >= 0.3 is 11.9 Å². The Balaban J connectivity index is 1.93. The number of esters is 2. The van der Waals surface area contributed by atoms with Crippen molar-refractivity contribution in [1.82, 2.24) is 15.5 Å². The van der Waals surface area contributed by atoms with E-state index in [4.69, 9.17) is 18.7 Å². The quantitative estimate of drug-likeness (QED) is 0.427. The number of hydrogen-bond donors (Lipinski definition) is 1. The number of aromatic nitrogens is 2. The first-order valence-corrected chi connectivity index (χ1v) is 9.66. The number of carbonyl (C=O) groups is 3. The number of nitrogens with one attached hydrogen (secondary N) is 1. The van der Waals surface area contributed by atoms with Crippen LogP contribution in [-0.4, -0.2) is 53.8 Å². The monoisotopic (exact) mass is 419 g/mol. The highest BCUT2D eigenvalue weighted by Crippen LogP contribution is 2.20. The van der Waals surface area contributed by atoms with Crippen molar-refractivity contribution in [3.05, 3.63) is 30.2 Å². The summed E-state index contributed by atoms with van der Waals surface area (Å²) in [6, 6.07) is 5.69. The van der Waals surface area contributed by atoms with Crippen LogP contribution in [0.2, 0.25) is 0 Å². The SMILES string of the molecule is CCOC(=O)C(NC(=O)CCc1nc(-c2ccc(OCC)cc2)no1)C(=O)OCC. The van der Waals surface area contributed by atoms with E-state index < -0.39 is 23.9 Å². The lowest BCUT2D eigenvalue weighted by atomic mass is 10.2. The highest BCUT2D eigenvalue weighted by molar-refractivity contribution is 6.02. The van der Waals surface area contributed by atoms with Crippen LogP contribution in [0, 0.1) is 0 Å². The fourth-order valence-corrected chi connectivity index (χ4v) is 2.46. The summed E-state index contributed by atoms with van der Waals surface area (Å²) in [5, 5.41) is 6.22. The topological polar surface area (TPSA) is 130 Å². The molecule has 162 valence electrons. The molecule has 0 fully saturated rings. The number of ether oxygens (including phenoxy) is 3. The Hall–Kier alpha value is -3.43. The summed E-state index contributed by atoms with van der Waals surface area (Å²) in [6.07, 6.45) is 0.0639. The molecule has 2 aromatic rings. The fraction of sp³-hybridized carbons (Fsp3) is 0.450. The molecule has 30 heavy (non-hydrogen) atoms. The van der Waals surface area contributed by atoms with Gasteiger partial charge in [0.05, 0.1) is 19.8 Å². The van der Waals surface area contributed by atoms with E-state index >= 15 is 0 Å². The second-order valence-electron chi connectivity index (χ2n) is 5.97. The minimum Gasteiger partial charge on any atom is -0.494 e. The number of rotatable bonds is 11. The average molecular weight is 419 g/mol. The normalized spacial score (nSPS) is 10.5. The lowest BCUT2D eigenvalue weighted by Gasteiger charge is -2.15. The maximum absolute atomic E-state index is 12.2. The van der Waals surface area contributed by atoms with Gasteiger partial charge in [0.15, 0.2) is 0 Å². The molecule has 0 atom stereocenters. The first kappa shape index (κ1) is 22.9. The van der Waals surface area contributed by atoms with Gasteiger partial charge in [-0.05, 0) is 45.0 Å². The van der Waals surface area contributed by atoms with Crippen LogP contribution in [-0.2, 0) is 30.3 Å². The number of hydrogen-bond acceptors (Lipinski definition) is 9. The van der Waals surface area contributed by atoms with Crippen molar-refractivity contribution in [2.75, 3.05) is 19.8 Å². The molecule has 1 N–H and O–H groups in total. The Morgan fingerprint density at radius 1 is 1.00 bits per heavy atom. The summed E-state index contributed by atoms with van der Waals surface area (Å²) in [6.45, 7) is 5.80. The molecule has 0 spiro atoms. The first-order valence-electron chi connectivity index (χ1n) is 9.66. The zero-order valence-corrected chi connectivity index (χ0v) is 17.2. The van der Waals surface area contributed by atoms with Gasteiger partial charge in [0.25, 0.3) is 0 Å². The van der Waals surface area contributed by atoms with E-state index in [1.165, 1.54) is 0 Å². The molecule has 0 saturated heterocycles. The third kappa shape index (κ3) is 6.57. The maximum atomic E-state index is 12.2. The van der Waals surface area contributed by atoms with E-state index in [0.29, 0.717) is 12.4 Å². The molecule has 0 aliphatic heterocycles. The molecular formula is C20H25N3O7. The molecule has 1 heterocycles. The molecule has 0 saturated carbocycles. The number of nitrogens with zero attached hydrogens (tertiary/aromatic N) is 2. The number of carbonyl (C=O) groups excluding carboxylic acids is 3. The molecule has 2 rings (SSSR count). The summed E-state index contributed by atoms with van der Waals surface area (Å²) in [5.74, 6) is -0.941. The summed E-state index contributed by atoms with van der Waals surface area (Å²) >= 11 is 0. The first-order chi connectivity index (χ1) is 14.5. The Labute approximate surface area is 173 Å². The summed E-state index contributed by atoms with van der Waals surface area (Å²) in [7, 11) is 0. The van der Waals surface area contributed by atoms with Gasteiger partial charge in [-0.3, -0.25) is 4.79 Å². The molecule has 10 nitrogen and oxygen atoms in total.